The zero-order valence-corrected chi connectivity index (χ0v) is 18.7. The fourth-order valence-corrected chi connectivity index (χ4v) is 5.07. The van der Waals surface area contributed by atoms with Crippen LogP contribution in [0.3, 0.4) is 0 Å². The van der Waals surface area contributed by atoms with Crippen molar-refractivity contribution in [2.45, 2.75) is 13.3 Å². The van der Waals surface area contributed by atoms with Crippen molar-refractivity contribution >= 4 is 49.6 Å². The van der Waals surface area contributed by atoms with Crippen molar-refractivity contribution in [1.82, 2.24) is 15.0 Å². The molecule has 3 aromatic heterocycles. The Bertz CT molecular complexity index is 1380. The summed E-state index contributed by atoms with van der Waals surface area (Å²) in [5.74, 6) is -0.599. The first-order chi connectivity index (χ1) is 15.6. The van der Waals surface area contributed by atoms with Gasteiger partial charge in [-0.05, 0) is 48.9 Å². The minimum Gasteiger partial charge on any atom is -0.274 e. The second-order valence-electron chi connectivity index (χ2n) is 7.16. The SMILES string of the molecule is Cc1ccc(N(C(=O)Cc2csc(-c3ccccn3)n2)c2nc3ccccc3s2)cc1F. The number of thiazole rings is 2. The summed E-state index contributed by atoms with van der Waals surface area (Å²) >= 11 is 2.83. The van der Waals surface area contributed by atoms with Gasteiger partial charge in [0, 0.05) is 11.6 Å². The molecule has 0 unspecified atom stereocenters. The molecule has 1 amide bonds. The summed E-state index contributed by atoms with van der Waals surface area (Å²) in [4.78, 5) is 28.5. The summed E-state index contributed by atoms with van der Waals surface area (Å²) < 4.78 is 15.3. The zero-order chi connectivity index (χ0) is 22.1. The molecule has 0 saturated heterocycles. The van der Waals surface area contributed by atoms with Gasteiger partial charge in [0.25, 0.3) is 0 Å². The Balaban J connectivity index is 1.50. The van der Waals surface area contributed by atoms with Crippen LogP contribution in [0.1, 0.15) is 11.3 Å². The topological polar surface area (TPSA) is 59.0 Å². The average Bonchev–Trinajstić information content (AvgIpc) is 3.44. The fraction of sp³-hybridized carbons (Fsp3) is 0.0833. The maximum Gasteiger partial charge on any atom is 0.239 e. The number of benzene rings is 2. The number of aryl methyl sites for hydroxylation is 1. The third-order valence-electron chi connectivity index (χ3n) is 4.91. The predicted molar refractivity (Wildman–Crippen MR) is 127 cm³/mol. The molecule has 0 saturated carbocycles. The van der Waals surface area contributed by atoms with Gasteiger partial charge in [0.05, 0.1) is 33.7 Å². The van der Waals surface area contributed by atoms with E-state index >= 15 is 0 Å². The molecule has 8 heteroatoms. The number of nitrogens with zero attached hydrogens (tertiary/aromatic N) is 4. The number of para-hydroxylation sites is 1. The second kappa shape index (κ2) is 8.57. The molecule has 0 bridgehead atoms. The molecule has 2 aromatic carbocycles. The van der Waals surface area contributed by atoms with Crippen LogP contribution in [0.2, 0.25) is 0 Å². The van der Waals surface area contributed by atoms with E-state index in [1.165, 1.54) is 33.6 Å². The van der Waals surface area contributed by atoms with Gasteiger partial charge >= 0.3 is 0 Å². The monoisotopic (exact) mass is 460 g/mol. The van der Waals surface area contributed by atoms with Crippen molar-refractivity contribution in [2.24, 2.45) is 0 Å². The maximum atomic E-state index is 14.4. The van der Waals surface area contributed by atoms with Crippen molar-refractivity contribution in [3.63, 3.8) is 0 Å². The third-order valence-corrected chi connectivity index (χ3v) is 6.84. The lowest BCUT2D eigenvalue weighted by atomic mass is 10.2. The maximum absolute atomic E-state index is 14.4. The van der Waals surface area contributed by atoms with E-state index in [4.69, 9.17) is 0 Å². The molecule has 32 heavy (non-hydrogen) atoms. The molecule has 0 spiro atoms. The molecule has 5 nitrogen and oxygen atoms in total. The number of fused-ring (bicyclic) bond motifs is 1. The van der Waals surface area contributed by atoms with Gasteiger partial charge in [0.1, 0.15) is 10.8 Å². The Hall–Kier alpha value is -3.49. The molecule has 0 radical (unpaired) electrons. The summed E-state index contributed by atoms with van der Waals surface area (Å²) in [7, 11) is 0. The quantitative estimate of drug-likeness (QED) is 0.315. The van der Waals surface area contributed by atoms with E-state index in [1.807, 2.05) is 47.8 Å². The van der Waals surface area contributed by atoms with Crippen LogP contribution < -0.4 is 4.90 Å². The molecular weight excluding hydrogens is 443 g/mol. The number of carbonyl (C=O) groups is 1. The first kappa shape index (κ1) is 20.4. The van der Waals surface area contributed by atoms with E-state index < -0.39 is 0 Å². The van der Waals surface area contributed by atoms with E-state index in [1.54, 1.807) is 25.3 Å². The Morgan fingerprint density at radius 1 is 1.06 bits per heavy atom. The second-order valence-corrected chi connectivity index (χ2v) is 9.03. The molecule has 158 valence electrons. The van der Waals surface area contributed by atoms with Gasteiger partial charge < -0.3 is 0 Å². The number of halogens is 1. The van der Waals surface area contributed by atoms with Gasteiger partial charge in [0.15, 0.2) is 5.13 Å². The van der Waals surface area contributed by atoms with Gasteiger partial charge in [-0.2, -0.15) is 0 Å². The van der Waals surface area contributed by atoms with Crippen LogP contribution in [0.25, 0.3) is 20.9 Å². The molecule has 3 heterocycles. The number of aromatic nitrogens is 3. The Morgan fingerprint density at radius 2 is 1.91 bits per heavy atom. The van der Waals surface area contributed by atoms with E-state index in [2.05, 4.69) is 15.0 Å². The summed E-state index contributed by atoms with van der Waals surface area (Å²) in [5.41, 5.74) is 3.16. The third kappa shape index (κ3) is 4.02. The van der Waals surface area contributed by atoms with Crippen LogP contribution in [0, 0.1) is 12.7 Å². The van der Waals surface area contributed by atoms with Crippen molar-refractivity contribution in [3.8, 4) is 10.7 Å². The van der Waals surface area contributed by atoms with Gasteiger partial charge in [-0.1, -0.05) is 35.6 Å². The molecule has 0 aliphatic heterocycles. The van der Waals surface area contributed by atoms with Gasteiger partial charge in [-0.25, -0.2) is 14.4 Å². The highest BCUT2D eigenvalue weighted by Gasteiger charge is 2.24. The minimum absolute atomic E-state index is 0.0642. The van der Waals surface area contributed by atoms with Crippen molar-refractivity contribution in [2.75, 3.05) is 4.90 Å². The molecule has 0 aliphatic rings. The highest BCUT2D eigenvalue weighted by molar-refractivity contribution is 7.22. The normalized spacial score (nSPS) is 11.1. The predicted octanol–water partition coefficient (Wildman–Crippen LogP) is 6.17. The van der Waals surface area contributed by atoms with Crippen LogP contribution in [-0.4, -0.2) is 20.9 Å². The smallest absolute Gasteiger partial charge is 0.239 e. The first-order valence-electron chi connectivity index (χ1n) is 9.89. The summed E-state index contributed by atoms with van der Waals surface area (Å²) in [6, 6.07) is 18.1. The first-order valence-corrected chi connectivity index (χ1v) is 11.6. The summed E-state index contributed by atoms with van der Waals surface area (Å²) in [5, 5.41) is 3.11. The van der Waals surface area contributed by atoms with Crippen LogP contribution in [0.5, 0.6) is 0 Å². The Morgan fingerprint density at radius 3 is 2.69 bits per heavy atom. The number of pyridine rings is 1. The highest BCUT2D eigenvalue weighted by Crippen LogP contribution is 2.35. The Labute approximate surface area is 191 Å². The van der Waals surface area contributed by atoms with E-state index in [9.17, 15) is 9.18 Å². The molecule has 5 rings (SSSR count). The number of amides is 1. The van der Waals surface area contributed by atoms with Crippen LogP contribution in [0.15, 0.2) is 72.2 Å². The van der Waals surface area contributed by atoms with Crippen LogP contribution in [0.4, 0.5) is 15.2 Å². The van der Waals surface area contributed by atoms with Gasteiger partial charge in [0.2, 0.25) is 5.91 Å². The van der Waals surface area contributed by atoms with E-state index in [-0.39, 0.29) is 18.1 Å². The molecule has 0 N–H and O–H groups in total. The average molecular weight is 461 g/mol. The number of hydrogen-bond donors (Lipinski definition) is 0. The van der Waals surface area contributed by atoms with Crippen molar-refractivity contribution in [1.29, 1.82) is 0 Å². The standard InChI is InChI=1S/C24H17FN4OS2/c1-15-9-10-17(13-18(15)25)29(24-28-19-6-2-3-8-21(19)32-24)22(30)12-16-14-31-23(27-16)20-7-4-5-11-26-20/h2-11,13-14H,12H2,1H3. The highest BCUT2D eigenvalue weighted by atomic mass is 32.1. The molecule has 0 atom stereocenters. The number of hydrogen-bond acceptors (Lipinski definition) is 6. The van der Waals surface area contributed by atoms with Crippen LogP contribution >= 0.6 is 22.7 Å². The summed E-state index contributed by atoms with van der Waals surface area (Å²) in [6.07, 6.45) is 1.77. The van der Waals surface area contributed by atoms with Gasteiger partial charge in [-0.3, -0.25) is 14.7 Å². The lowest BCUT2D eigenvalue weighted by Gasteiger charge is -2.20. The van der Waals surface area contributed by atoms with Crippen molar-refractivity contribution < 1.29 is 9.18 Å². The lowest BCUT2D eigenvalue weighted by molar-refractivity contribution is -0.117. The Kier molecular flexibility index (Phi) is 5.46. The minimum atomic E-state index is -0.368. The fourth-order valence-electron chi connectivity index (χ4n) is 3.27. The largest absolute Gasteiger partial charge is 0.274 e. The van der Waals surface area contributed by atoms with Gasteiger partial charge in [-0.15, -0.1) is 11.3 Å². The van der Waals surface area contributed by atoms with E-state index in [0.717, 1.165) is 20.9 Å². The summed E-state index contributed by atoms with van der Waals surface area (Å²) in [6.45, 7) is 1.69. The molecule has 0 aliphatic carbocycles. The molecule has 5 aromatic rings. The molecule has 0 fully saturated rings. The van der Waals surface area contributed by atoms with E-state index in [0.29, 0.717) is 22.1 Å². The molecular formula is C24H17FN4OS2. The lowest BCUT2D eigenvalue weighted by Crippen LogP contribution is -2.27. The number of anilines is 2. The van der Waals surface area contributed by atoms with Crippen molar-refractivity contribution in [3.05, 3.63) is 89.3 Å². The zero-order valence-electron chi connectivity index (χ0n) is 17.0. The number of carbonyl (C=O) groups excluding carboxylic acids is 1. The number of rotatable bonds is 5. The van der Waals surface area contributed by atoms with Crippen LogP contribution in [-0.2, 0) is 11.2 Å².